The standard InChI is InChI=1S/C27H25BrN4O3/c1-19-3-5-21(6-4-19)26(33)31-24(27(34)30-13-2-15-32-16-14-29-18-32)17-23-11-12-25(35-23)20-7-9-22(28)10-8-20/h3-12,14,16-18H,2,13,15H2,1H3,(H,30,34)(H,31,33)/b24-17+. The maximum atomic E-state index is 13.0. The predicted molar refractivity (Wildman–Crippen MR) is 138 cm³/mol. The number of halogens is 1. The molecule has 2 aromatic heterocycles. The quantitative estimate of drug-likeness (QED) is 0.229. The average Bonchev–Trinajstić information content (AvgIpc) is 3.54. The van der Waals surface area contributed by atoms with E-state index >= 15 is 0 Å². The average molecular weight is 533 g/mol. The van der Waals surface area contributed by atoms with Crippen molar-refractivity contribution in [2.75, 3.05) is 6.54 Å². The Kier molecular flexibility index (Phi) is 7.95. The summed E-state index contributed by atoms with van der Waals surface area (Å²) >= 11 is 3.43. The molecule has 2 heterocycles. The number of carbonyl (C=O) groups excluding carboxylic acids is 2. The smallest absolute Gasteiger partial charge is 0.267 e. The molecule has 0 aliphatic heterocycles. The van der Waals surface area contributed by atoms with E-state index in [1.54, 1.807) is 36.8 Å². The summed E-state index contributed by atoms with van der Waals surface area (Å²) in [5, 5.41) is 5.61. The van der Waals surface area contributed by atoms with Gasteiger partial charge in [-0.2, -0.15) is 0 Å². The highest BCUT2D eigenvalue weighted by Gasteiger charge is 2.16. The first-order valence-electron chi connectivity index (χ1n) is 11.2. The molecule has 0 saturated heterocycles. The minimum absolute atomic E-state index is 0.106. The van der Waals surface area contributed by atoms with Crippen LogP contribution in [-0.2, 0) is 11.3 Å². The molecule has 0 aliphatic rings. The Hall–Kier alpha value is -3.91. The van der Waals surface area contributed by atoms with Crippen LogP contribution in [-0.4, -0.2) is 27.9 Å². The van der Waals surface area contributed by atoms with Crippen molar-refractivity contribution in [1.29, 1.82) is 0 Å². The number of rotatable bonds is 9. The number of benzene rings is 2. The molecule has 8 heteroatoms. The van der Waals surface area contributed by atoms with Gasteiger partial charge in [0.1, 0.15) is 17.2 Å². The topological polar surface area (TPSA) is 89.2 Å². The molecule has 35 heavy (non-hydrogen) atoms. The van der Waals surface area contributed by atoms with Gasteiger partial charge in [-0.3, -0.25) is 9.59 Å². The van der Waals surface area contributed by atoms with Crippen molar-refractivity contribution >= 4 is 33.8 Å². The van der Waals surface area contributed by atoms with Crippen molar-refractivity contribution in [2.45, 2.75) is 19.9 Å². The Labute approximate surface area is 212 Å². The van der Waals surface area contributed by atoms with Crippen LogP contribution in [0.15, 0.2) is 94.0 Å². The van der Waals surface area contributed by atoms with Crippen molar-refractivity contribution in [3.63, 3.8) is 0 Å². The second-order valence-electron chi connectivity index (χ2n) is 8.00. The third-order valence-electron chi connectivity index (χ3n) is 5.29. The lowest BCUT2D eigenvalue weighted by Gasteiger charge is -2.11. The van der Waals surface area contributed by atoms with Gasteiger partial charge in [-0.1, -0.05) is 45.8 Å². The molecule has 4 rings (SSSR count). The van der Waals surface area contributed by atoms with E-state index in [-0.39, 0.29) is 11.6 Å². The van der Waals surface area contributed by atoms with Gasteiger partial charge in [0.15, 0.2) is 0 Å². The molecule has 0 fully saturated rings. The number of aromatic nitrogens is 2. The molecule has 0 saturated carbocycles. The van der Waals surface area contributed by atoms with E-state index in [9.17, 15) is 9.59 Å². The van der Waals surface area contributed by atoms with Gasteiger partial charge in [0, 0.05) is 47.2 Å². The first-order chi connectivity index (χ1) is 17.0. The first-order valence-corrected chi connectivity index (χ1v) is 12.0. The Morgan fingerprint density at radius 3 is 2.54 bits per heavy atom. The van der Waals surface area contributed by atoms with E-state index in [0.29, 0.717) is 23.6 Å². The van der Waals surface area contributed by atoms with Crippen LogP contribution >= 0.6 is 15.9 Å². The number of hydrogen-bond donors (Lipinski definition) is 2. The first kappa shape index (κ1) is 24.2. The molecule has 178 valence electrons. The summed E-state index contributed by atoms with van der Waals surface area (Å²) in [6.07, 6.45) is 7.57. The van der Waals surface area contributed by atoms with Gasteiger partial charge in [-0.05, 0) is 49.7 Å². The molecule has 0 unspecified atom stereocenters. The molecule has 0 radical (unpaired) electrons. The van der Waals surface area contributed by atoms with Crippen molar-refractivity contribution in [3.05, 3.63) is 106 Å². The van der Waals surface area contributed by atoms with E-state index < -0.39 is 5.91 Å². The molecule has 2 aromatic carbocycles. The number of carbonyl (C=O) groups is 2. The molecular weight excluding hydrogens is 508 g/mol. The summed E-state index contributed by atoms with van der Waals surface area (Å²) in [6.45, 7) is 3.12. The van der Waals surface area contributed by atoms with E-state index in [0.717, 1.165) is 28.6 Å². The summed E-state index contributed by atoms with van der Waals surface area (Å²) in [6, 6.07) is 18.5. The lowest BCUT2D eigenvalue weighted by atomic mass is 10.1. The normalized spacial score (nSPS) is 11.3. The van der Waals surface area contributed by atoms with Crippen molar-refractivity contribution in [1.82, 2.24) is 20.2 Å². The van der Waals surface area contributed by atoms with Crippen LogP contribution in [0, 0.1) is 6.92 Å². The number of furan rings is 1. The zero-order valence-electron chi connectivity index (χ0n) is 19.2. The fourth-order valence-corrected chi connectivity index (χ4v) is 3.64. The second kappa shape index (κ2) is 11.5. The number of nitrogens with zero attached hydrogens (tertiary/aromatic N) is 2. The van der Waals surface area contributed by atoms with E-state index in [4.69, 9.17) is 4.42 Å². The maximum absolute atomic E-state index is 13.0. The van der Waals surface area contributed by atoms with E-state index in [2.05, 4.69) is 31.5 Å². The highest BCUT2D eigenvalue weighted by atomic mass is 79.9. The number of imidazole rings is 1. The Bertz CT molecular complexity index is 1310. The number of aryl methyl sites for hydroxylation is 2. The Morgan fingerprint density at radius 2 is 1.83 bits per heavy atom. The fourth-order valence-electron chi connectivity index (χ4n) is 3.38. The highest BCUT2D eigenvalue weighted by molar-refractivity contribution is 9.10. The van der Waals surface area contributed by atoms with Gasteiger partial charge in [0.2, 0.25) is 0 Å². The van der Waals surface area contributed by atoms with Crippen LogP contribution in [0.4, 0.5) is 0 Å². The third-order valence-corrected chi connectivity index (χ3v) is 5.82. The van der Waals surface area contributed by atoms with Gasteiger partial charge in [0.05, 0.1) is 6.33 Å². The zero-order chi connectivity index (χ0) is 24.6. The van der Waals surface area contributed by atoms with Crippen LogP contribution in [0.2, 0.25) is 0 Å². The minimum Gasteiger partial charge on any atom is -0.457 e. The highest BCUT2D eigenvalue weighted by Crippen LogP contribution is 2.25. The number of nitrogens with one attached hydrogen (secondary N) is 2. The maximum Gasteiger partial charge on any atom is 0.267 e. The van der Waals surface area contributed by atoms with Gasteiger partial charge in [-0.25, -0.2) is 4.98 Å². The largest absolute Gasteiger partial charge is 0.457 e. The number of hydrogen-bond acceptors (Lipinski definition) is 4. The van der Waals surface area contributed by atoms with E-state index in [1.807, 2.05) is 60.2 Å². The SMILES string of the molecule is Cc1ccc(C(=O)N/C(=C/c2ccc(-c3ccc(Br)cc3)o2)C(=O)NCCCn2ccnc2)cc1. The monoisotopic (exact) mass is 532 g/mol. The zero-order valence-corrected chi connectivity index (χ0v) is 20.8. The second-order valence-corrected chi connectivity index (χ2v) is 8.91. The number of amides is 2. The molecule has 0 bridgehead atoms. The summed E-state index contributed by atoms with van der Waals surface area (Å²) in [5.74, 6) is 0.353. The van der Waals surface area contributed by atoms with Crippen LogP contribution in [0.25, 0.3) is 17.4 Å². The molecule has 2 amide bonds. The fraction of sp³-hybridized carbons (Fsp3) is 0.148. The van der Waals surface area contributed by atoms with Crippen LogP contribution < -0.4 is 10.6 Å². The van der Waals surface area contributed by atoms with Gasteiger partial charge >= 0.3 is 0 Å². The summed E-state index contributed by atoms with van der Waals surface area (Å²) < 4.78 is 8.84. The summed E-state index contributed by atoms with van der Waals surface area (Å²) in [7, 11) is 0. The molecule has 0 spiro atoms. The van der Waals surface area contributed by atoms with Gasteiger partial charge in [-0.15, -0.1) is 0 Å². The van der Waals surface area contributed by atoms with Crippen LogP contribution in [0.3, 0.4) is 0 Å². The molecule has 2 N–H and O–H groups in total. The van der Waals surface area contributed by atoms with Gasteiger partial charge < -0.3 is 19.6 Å². The van der Waals surface area contributed by atoms with Crippen molar-refractivity contribution in [2.24, 2.45) is 0 Å². The van der Waals surface area contributed by atoms with Crippen LogP contribution in [0.5, 0.6) is 0 Å². The lowest BCUT2D eigenvalue weighted by Crippen LogP contribution is -2.35. The molecule has 7 nitrogen and oxygen atoms in total. The van der Waals surface area contributed by atoms with Crippen molar-refractivity contribution in [3.8, 4) is 11.3 Å². The van der Waals surface area contributed by atoms with Gasteiger partial charge in [0.25, 0.3) is 11.8 Å². The minimum atomic E-state index is -0.391. The summed E-state index contributed by atoms with van der Waals surface area (Å²) in [4.78, 5) is 29.8. The third kappa shape index (κ3) is 6.80. The predicted octanol–water partition coefficient (Wildman–Crippen LogP) is 5.19. The Balaban J connectivity index is 1.50. The lowest BCUT2D eigenvalue weighted by molar-refractivity contribution is -0.117. The molecule has 4 aromatic rings. The van der Waals surface area contributed by atoms with Crippen molar-refractivity contribution < 1.29 is 14.0 Å². The summed E-state index contributed by atoms with van der Waals surface area (Å²) in [5.41, 5.74) is 2.52. The van der Waals surface area contributed by atoms with Crippen LogP contribution in [0.1, 0.15) is 28.1 Å². The molecule has 0 aliphatic carbocycles. The van der Waals surface area contributed by atoms with E-state index in [1.165, 1.54) is 0 Å². The molecular formula is C27H25BrN4O3. The Morgan fingerprint density at radius 1 is 1.06 bits per heavy atom. The molecule has 0 atom stereocenters.